The van der Waals surface area contributed by atoms with Crippen LogP contribution >= 0.6 is 0 Å². The lowest BCUT2D eigenvalue weighted by Crippen LogP contribution is -2.46. The van der Waals surface area contributed by atoms with E-state index in [4.69, 9.17) is 4.74 Å². The molecule has 0 aromatic carbocycles. The van der Waals surface area contributed by atoms with E-state index in [0.717, 1.165) is 19.4 Å². The zero-order chi connectivity index (χ0) is 15.7. The van der Waals surface area contributed by atoms with Crippen molar-refractivity contribution in [3.05, 3.63) is 0 Å². The lowest BCUT2D eigenvalue weighted by Gasteiger charge is -2.30. The zero-order valence-corrected chi connectivity index (χ0v) is 12.8. The molecule has 1 fully saturated rings. The summed E-state index contributed by atoms with van der Waals surface area (Å²) in [5.41, 5.74) is 0. The van der Waals surface area contributed by atoms with Crippen molar-refractivity contribution in [1.29, 1.82) is 0 Å². The maximum Gasteiger partial charge on any atom is 0.310 e. The minimum atomic E-state index is -0.203. The molecule has 2 N–H and O–H groups in total. The first-order chi connectivity index (χ1) is 10.1. The first-order valence-corrected chi connectivity index (χ1v) is 7.49. The molecule has 7 heteroatoms. The Balaban J connectivity index is 2.31. The fourth-order valence-corrected chi connectivity index (χ4v) is 2.35. The largest absolute Gasteiger partial charge is 0.466 e. The molecule has 0 aliphatic carbocycles. The Morgan fingerprint density at radius 1 is 1.19 bits per heavy atom. The number of rotatable bonds is 7. The van der Waals surface area contributed by atoms with Gasteiger partial charge in [-0.15, -0.1) is 0 Å². The van der Waals surface area contributed by atoms with Crippen LogP contribution in [0.2, 0.25) is 0 Å². The third kappa shape index (κ3) is 6.57. The van der Waals surface area contributed by atoms with Crippen molar-refractivity contribution in [3.63, 3.8) is 0 Å². The number of hydrogen-bond acceptors (Lipinski definition) is 5. The molecule has 0 radical (unpaired) electrons. The van der Waals surface area contributed by atoms with Crippen LogP contribution < -0.4 is 10.6 Å². The van der Waals surface area contributed by atoms with Crippen molar-refractivity contribution in [3.8, 4) is 0 Å². The first kappa shape index (κ1) is 17.4. The fourth-order valence-electron chi connectivity index (χ4n) is 2.35. The van der Waals surface area contributed by atoms with E-state index in [9.17, 15) is 14.4 Å². The lowest BCUT2D eigenvalue weighted by atomic mass is 9.98. The van der Waals surface area contributed by atoms with E-state index in [0.29, 0.717) is 19.7 Å². The molecule has 1 heterocycles. The van der Waals surface area contributed by atoms with Gasteiger partial charge in [-0.2, -0.15) is 0 Å². The molecular formula is C14H25N3O4. The molecule has 0 aromatic rings. The number of nitrogens with zero attached hydrogens (tertiary/aromatic N) is 1. The van der Waals surface area contributed by atoms with Gasteiger partial charge in [-0.3, -0.25) is 19.3 Å². The Morgan fingerprint density at radius 3 is 2.62 bits per heavy atom. The van der Waals surface area contributed by atoms with Crippen LogP contribution in [-0.4, -0.2) is 62.0 Å². The normalized spacial score (nSPS) is 18.9. The van der Waals surface area contributed by atoms with Gasteiger partial charge in [-0.25, -0.2) is 0 Å². The SMILES string of the molecule is CCNC(=O)CNC(=O)CN1CCC[C@H](C(=O)OCC)C1. The molecule has 0 spiro atoms. The van der Waals surface area contributed by atoms with E-state index in [1.54, 1.807) is 6.92 Å². The van der Waals surface area contributed by atoms with Gasteiger partial charge in [0.05, 0.1) is 25.6 Å². The van der Waals surface area contributed by atoms with Crippen molar-refractivity contribution in [1.82, 2.24) is 15.5 Å². The predicted molar refractivity (Wildman–Crippen MR) is 77.5 cm³/mol. The Bertz CT molecular complexity index is 373. The highest BCUT2D eigenvalue weighted by molar-refractivity contribution is 5.85. The van der Waals surface area contributed by atoms with E-state index in [-0.39, 0.29) is 36.8 Å². The Kier molecular flexibility index (Phi) is 7.74. The standard InChI is InChI=1S/C14H25N3O4/c1-3-15-12(18)8-16-13(19)10-17-7-5-6-11(9-17)14(20)21-4-2/h11H,3-10H2,1-2H3,(H,15,18)(H,16,19)/t11-/m0/s1. The van der Waals surface area contributed by atoms with E-state index in [2.05, 4.69) is 10.6 Å². The molecule has 7 nitrogen and oxygen atoms in total. The van der Waals surface area contributed by atoms with E-state index in [1.165, 1.54) is 0 Å². The maximum absolute atomic E-state index is 11.8. The second-order valence-electron chi connectivity index (χ2n) is 5.06. The first-order valence-electron chi connectivity index (χ1n) is 7.49. The van der Waals surface area contributed by atoms with Gasteiger partial charge in [0, 0.05) is 13.1 Å². The lowest BCUT2D eigenvalue weighted by molar-refractivity contribution is -0.150. The number of carbonyl (C=O) groups is 3. The molecule has 0 bridgehead atoms. The third-order valence-corrected chi connectivity index (χ3v) is 3.31. The number of amides is 2. The van der Waals surface area contributed by atoms with Gasteiger partial charge in [-0.05, 0) is 33.2 Å². The third-order valence-electron chi connectivity index (χ3n) is 3.31. The highest BCUT2D eigenvalue weighted by Crippen LogP contribution is 2.17. The summed E-state index contributed by atoms with van der Waals surface area (Å²) in [6, 6.07) is 0. The summed E-state index contributed by atoms with van der Waals surface area (Å²) in [5, 5.41) is 5.19. The molecule has 1 atom stereocenters. The summed E-state index contributed by atoms with van der Waals surface area (Å²) in [4.78, 5) is 36.7. The second-order valence-corrected chi connectivity index (χ2v) is 5.06. The highest BCUT2D eigenvalue weighted by Gasteiger charge is 2.27. The number of likely N-dealkylation sites (N-methyl/N-ethyl adjacent to an activating group) is 1. The molecule has 0 saturated carbocycles. The average molecular weight is 299 g/mol. The van der Waals surface area contributed by atoms with Crippen LogP contribution in [-0.2, 0) is 19.1 Å². The average Bonchev–Trinajstić information content (AvgIpc) is 2.46. The van der Waals surface area contributed by atoms with Gasteiger partial charge in [0.1, 0.15) is 0 Å². The summed E-state index contributed by atoms with van der Waals surface area (Å²) in [6.45, 7) is 6.04. The van der Waals surface area contributed by atoms with Crippen LogP contribution in [0, 0.1) is 5.92 Å². The molecule has 1 aliphatic rings. The summed E-state index contributed by atoms with van der Waals surface area (Å²) < 4.78 is 5.02. The summed E-state index contributed by atoms with van der Waals surface area (Å²) in [7, 11) is 0. The number of hydrogen-bond donors (Lipinski definition) is 2. The van der Waals surface area contributed by atoms with Crippen molar-refractivity contribution in [2.75, 3.05) is 39.3 Å². The number of piperidine rings is 1. The Hall–Kier alpha value is -1.63. The topological polar surface area (TPSA) is 87.7 Å². The zero-order valence-electron chi connectivity index (χ0n) is 12.8. The quantitative estimate of drug-likeness (QED) is 0.620. The smallest absolute Gasteiger partial charge is 0.310 e. The van der Waals surface area contributed by atoms with E-state index < -0.39 is 0 Å². The van der Waals surface area contributed by atoms with Crippen LogP contribution in [0.5, 0.6) is 0 Å². The highest BCUT2D eigenvalue weighted by atomic mass is 16.5. The minimum Gasteiger partial charge on any atom is -0.466 e. The Morgan fingerprint density at radius 2 is 1.95 bits per heavy atom. The van der Waals surface area contributed by atoms with Gasteiger partial charge in [0.2, 0.25) is 11.8 Å². The molecule has 1 aliphatic heterocycles. The molecule has 21 heavy (non-hydrogen) atoms. The summed E-state index contributed by atoms with van der Waals surface area (Å²) in [6.07, 6.45) is 1.67. The van der Waals surface area contributed by atoms with Crippen molar-refractivity contribution < 1.29 is 19.1 Å². The number of nitrogens with one attached hydrogen (secondary N) is 2. The summed E-state index contributed by atoms with van der Waals surface area (Å²) in [5.74, 6) is -0.750. The molecule has 2 amide bonds. The number of likely N-dealkylation sites (tertiary alicyclic amines) is 1. The van der Waals surface area contributed by atoms with Gasteiger partial charge < -0.3 is 15.4 Å². The van der Waals surface area contributed by atoms with Crippen LogP contribution in [0.1, 0.15) is 26.7 Å². The molecule has 0 aromatic heterocycles. The summed E-state index contributed by atoms with van der Waals surface area (Å²) >= 11 is 0. The van der Waals surface area contributed by atoms with Gasteiger partial charge in [-0.1, -0.05) is 0 Å². The molecule has 0 unspecified atom stereocenters. The number of ether oxygens (including phenoxy) is 1. The van der Waals surface area contributed by atoms with Crippen molar-refractivity contribution >= 4 is 17.8 Å². The van der Waals surface area contributed by atoms with Crippen LogP contribution in [0.4, 0.5) is 0 Å². The van der Waals surface area contributed by atoms with E-state index in [1.807, 2.05) is 11.8 Å². The van der Waals surface area contributed by atoms with Gasteiger partial charge >= 0.3 is 5.97 Å². The monoisotopic (exact) mass is 299 g/mol. The number of carbonyl (C=O) groups excluding carboxylic acids is 3. The van der Waals surface area contributed by atoms with Gasteiger partial charge in [0.25, 0.3) is 0 Å². The molecule has 1 saturated heterocycles. The molecular weight excluding hydrogens is 274 g/mol. The van der Waals surface area contributed by atoms with E-state index >= 15 is 0 Å². The van der Waals surface area contributed by atoms with Crippen LogP contribution in [0.15, 0.2) is 0 Å². The molecule has 1 rings (SSSR count). The molecule has 120 valence electrons. The van der Waals surface area contributed by atoms with Gasteiger partial charge in [0.15, 0.2) is 0 Å². The second kappa shape index (κ2) is 9.33. The number of esters is 1. The predicted octanol–water partition coefficient (Wildman–Crippen LogP) is -0.486. The van der Waals surface area contributed by atoms with Crippen LogP contribution in [0.25, 0.3) is 0 Å². The van der Waals surface area contributed by atoms with Crippen LogP contribution in [0.3, 0.4) is 0 Å². The Labute approximate surface area is 125 Å². The van der Waals surface area contributed by atoms with Crippen molar-refractivity contribution in [2.45, 2.75) is 26.7 Å². The fraction of sp³-hybridized carbons (Fsp3) is 0.786. The minimum absolute atomic E-state index is 0.0121. The maximum atomic E-state index is 11.8. The van der Waals surface area contributed by atoms with Crippen molar-refractivity contribution in [2.24, 2.45) is 5.92 Å².